The van der Waals surface area contributed by atoms with Crippen molar-refractivity contribution in [2.45, 2.75) is 144 Å². The van der Waals surface area contributed by atoms with Gasteiger partial charge in [0.15, 0.2) is 0 Å². The number of benzene rings is 8. The predicted octanol–water partition coefficient (Wildman–Crippen LogP) is 20.7. The summed E-state index contributed by atoms with van der Waals surface area (Å²) in [6.45, 7) is 29.1. The van der Waals surface area contributed by atoms with Crippen molar-refractivity contribution in [3.05, 3.63) is 296 Å². The molecule has 8 aromatic carbocycles. The maximum absolute atomic E-state index is 12.6. The molecule has 98 heavy (non-hydrogen) atoms. The molecule has 10 nitrogen and oxygen atoms in total. The molecule has 0 radical (unpaired) electrons. The van der Waals surface area contributed by atoms with Crippen LogP contribution in [-0.2, 0) is 20.2 Å². The number of rotatable bonds is 24. The van der Waals surface area contributed by atoms with E-state index < -0.39 is 20.2 Å². The van der Waals surface area contributed by atoms with E-state index in [1.807, 2.05) is 0 Å². The van der Waals surface area contributed by atoms with E-state index in [9.17, 15) is 25.9 Å². The van der Waals surface area contributed by atoms with Crippen LogP contribution in [-0.4, -0.2) is 72.7 Å². The molecule has 12 heteroatoms. The standard InChI is InChI=1S/2C43H48N2O3S/c1-7-9-25-44(37-17-13-15-31(3)27-37)40-23-21-35(29-33(40)5)43(39-19-11-12-20-42(39)49(46,47)48)36-22-24-41(34(6)30-36)45(26-10-8-2)38-18-14-16-32(4)28-38;1-7-9-27-44(37-21-15-31(3)16-22-37)40-25-19-35(29-33(40)5)43(39-13-11-12-14-42(39)49(46,47)48)36-20-26-41(34(6)30-36)45(28-10-8-2)38-23-17-32(4)18-24-38/h11-24,27-30H,7-10,25-26H2,1-6H3;11-26,29-30H,7-10,27-28H2,1-6H3. The molecule has 0 spiro atoms. The van der Waals surface area contributed by atoms with Crippen LogP contribution in [0.1, 0.15) is 149 Å². The van der Waals surface area contributed by atoms with Crippen LogP contribution in [0, 0.1) is 41.5 Å². The summed E-state index contributed by atoms with van der Waals surface area (Å²) in [7, 11) is -9.49. The van der Waals surface area contributed by atoms with E-state index >= 15 is 0 Å². The van der Waals surface area contributed by atoms with Crippen LogP contribution in [0.25, 0.3) is 11.1 Å². The van der Waals surface area contributed by atoms with Crippen molar-refractivity contribution in [2.75, 3.05) is 36.0 Å². The van der Waals surface area contributed by atoms with Crippen molar-refractivity contribution in [1.82, 2.24) is 0 Å². The third-order valence-corrected chi connectivity index (χ3v) is 20.0. The first-order chi connectivity index (χ1) is 47.0. The molecule has 0 atom stereocenters. The van der Waals surface area contributed by atoms with Crippen LogP contribution in [0.2, 0.25) is 0 Å². The molecule has 0 aromatic heterocycles. The normalized spacial score (nSPS) is 15.2. The van der Waals surface area contributed by atoms with E-state index in [-0.39, 0.29) is 9.79 Å². The molecule has 8 aromatic rings. The van der Waals surface area contributed by atoms with Gasteiger partial charge in [-0.1, -0.05) is 162 Å². The van der Waals surface area contributed by atoms with Gasteiger partial charge in [0, 0.05) is 107 Å². The average Bonchev–Trinajstić information content (AvgIpc) is 0.774. The first kappa shape index (κ1) is 73.2. The minimum atomic E-state index is -4.75. The minimum Gasteiger partial charge on any atom is -0.744 e. The van der Waals surface area contributed by atoms with Gasteiger partial charge in [-0.05, 0) is 209 Å². The van der Waals surface area contributed by atoms with Gasteiger partial charge in [-0.15, -0.1) is 0 Å². The lowest BCUT2D eigenvalue weighted by Crippen LogP contribution is -2.20. The lowest BCUT2D eigenvalue weighted by molar-refractivity contribution is -0.440. The zero-order valence-corrected chi connectivity index (χ0v) is 61.0. The zero-order valence-electron chi connectivity index (χ0n) is 59.3. The first-order valence-electron chi connectivity index (χ1n) is 34.7. The summed E-state index contributed by atoms with van der Waals surface area (Å²) in [6, 6.07) is 60.0. The molecule has 0 heterocycles. The Morgan fingerprint density at radius 1 is 0.388 bits per heavy atom. The molecule has 508 valence electrons. The molecule has 0 bridgehead atoms. The number of aryl methyl sites for hydroxylation is 6. The van der Waals surface area contributed by atoms with Crippen LogP contribution < -0.4 is 9.80 Å². The summed E-state index contributed by atoms with van der Waals surface area (Å²) in [6.07, 6.45) is 21.1. The van der Waals surface area contributed by atoms with Crippen LogP contribution in [0.15, 0.2) is 251 Å². The molecule has 0 aliphatic heterocycles. The highest BCUT2D eigenvalue weighted by Crippen LogP contribution is 2.41. The summed E-state index contributed by atoms with van der Waals surface area (Å²) < 4.78 is 80.5. The Bertz CT molecular complexity index is 4700. The summed E-state index contributed by atoms with van der Waals surface area (Å²) in [5.41, 5.74) is 23.7. The second kappa shape index (κ2) is 33.5. The number of nitrogens with zero attached hydrogens (tertiary/aromatic N) is 4. The molecule has 2 aliphatic rings. The molecular weight excluding hydrogens is 1250 g/mol. The summed E-state index contributed by atoms with van der Waals surface area (Å²) in [5.74, 6) is 0. The van der Waals surface area contributed by atoms with Crippen molar-refractivity contribution in [3.8, 4) is 0 Å². The van der Waals surface area contributed by atoms with E-state index in [1.165, 1.54) is 34.4 Å². The Kier molecular flexibility index (Phi) is 25.0. The maximum atomic E-state index is 12.6. The Morgan fingerprint density at radius 2 is 0.806 bits per heavy atom. The van der Waals surface area contributed by atoms with Crippen molar-refractivity contribution < 1.29 is 35.1 Å². The SMILES string of the molecule is CCCCN(c1ccc(C)cc1)c1ccc(C(=C2C=CC(=[N+](CCCC)c3ccc(C)cc3)C(C)=C2)c2ccccc2S(=O)(=O)[O-])cc1C.CCCCN(c1cccc(C)c1)c1ccc(C(=C2C=CC(=[N+](CCCC)c3cccc(C)c3)C(C)=C2)c2ccccc2S(=O)(=O)[O-])cc1C. The highest BCUT2D eigenvalue weighted by atomic mass is 32.2. The van der Waals surface area contributed by atoms with E-state index in [2.05, 4.69) is 272 Å². The first-order valence-corrected chi connectivity index (χ1v) is 37.5. The van der Waals surface area contributed by atoms with E-state index in [1.54, 1.807) is 36.4 Å². The third-order valence-electron chi connectivity index (χ3n) is 18.2. The topological polar surface area (TPSA) is 127 Å². The van der Waals surface area contributed by atoms with Crippen LogP contribution in [0.4, 0.5) is 34.1 Å². The second-order valence-electron chi connectivity index (χ2n) is 26.0. The molecule has 0 saturated heterocycles. The largest absolute Gasteiger partial charge is 0.744 e. The molecule has 0 N–H and O–H groups in total. The smallest absolute Gasteiger partial charge is 0.208 e. The lowest BCUT2D eigenvalue weighted by Gasteiger charge is -2.28. The van der Waals surface area contributed by atoms with Crippen LogP contribution >= 0.6 is 0 Å². The predicted molar refractivity (Wildman–Crippen MR) is 407 cm³/mol. The number of hydrogen-bond acceptors (Lipinski definition) is 8. The summed E-state index contributed by atoms with van der Waals surface area (Å²) >= 11 is 0. The van der Waals surface area contributed by atoms with Gasteiger partial charge in [-0.25, -0.2) is 16.8 Å². The van der Waals surface area contributed by atoms with E-state index in [0.29, 0.717) is 22.3 Å². The zero-order chi connectivity index (χ0) is 70.3. The van der Waals surface area contributed by atoms with Crippen LogP contribution in [0.5, 0.6) is 0 Å². The van der Waals surface area contributed by atoms with Gasteiger partial charge in [-0.2, -0.15) is 9.15 Å². The molecule has 0 saturated carbocycles. The van der Waals surface area contributed by atoms with E-state index in [4.69, 9.17) is 0 Å². The van der Waals surface area contributed by atoms with Crippen molar-refractivity contribution in [1.29, 1.82) is 0 Å². The van der Waals surface area contributed by atoms with Crippen molar-refractivity contribution in [2.24, 2.45) is 0 Å². The maximum Gasteiger partial charge on any atom is 0.208 e. The van der Waals surface area contributed by atoms with E-state index in [0.717, 1.165) is 168 Å². The number of unbranched alkanes of at least 4 members (excludes halogenated alkanes) is 4. The van der Waals surface area contributed by atoms with Crippen LogP contribution in [0.3, 0.4) is 0 Å². The molecule has 10 rings (SSSR count). The minimum absolute atomic E-state index is 0.220. The monoisotopic (exact) mass is 1340 g/mol. The van der Waals surface area contributed by atoms with Gasteiger partial charge in [0.1, 0.15) is 33.3 Å². The summed E-state index contributed by atoms with van der Waals surface area (Å²) in [4.78, 5) is 4.27. The molecular formula is C86H96N4O6S2. The fourth-order valence-electron chi connectivity index (χ4n) is 13.1. The van der Waals surface area contributed by atoms with Gasteiger partial charge in [-0.3, -0.25) is 0 Å². The fraction of sp³-hybridized carbons (Fsp3) is 0.279. The highest BCUT2D eigenvalue weighted by molar-refractivity contribution is 7.86. The summed E-state index contributed by atoms with van der Waals surface area (Å²) in [5, 5.41) is 0. The second-order valence-corrected chi connectivity index (χ2v) is 28.7. The van der Waals surface area contributed by atoms with Gasteiger partial charge in [0.05, 0.1) is 9.79 Å². The molecule has 0 unspecified atom stereocenters. The fourth-order valence-corrected chi connectivity index (χ4v) is 14.4. The Labute approximate surface area is 585 Å². The molecule has 2 aliphatic carbocycles. The third kappa shape index (κ3) is 18.0. The quantitative estimate of drug-likeness (QED) is 0.0432. The Hall–Kier alpha value is -9.04. The Morgan fingerprint density at radius 3 is 1.22 bits per heavy atom. The van der Waals surface area contributed by atoms with Gasteiger partial charge < -0.3 is 18.9 Å². The number of allylic oxidation sites excluding steroid dienone is 10. The number of anilines is 4. The van der Waals surface area contributed by atoms with Gasteiger partial charge in [0.2, 0.25) is 22.8 Å². The highest BCUT2D eigenvalue weighted by Gasteiger charge is 2.27. The molecule has 0 amide bonds. The van der Waals surface area contributed by atoms with Gasteiger partial charge in [0.25, 0.3) is 0 Å². The van der Waals surface area contributed by atoms with Crippen molar-refractivity contribution >= 4 is 76.9 Å². The lowest BCUT2D eigenvalue weighted by atomic mass is 9.88. The molecule has 0 fully saturated rings. The van der Waals surface area contributed by atoms with Crippen molar-refractivity contribution in [3.63, 3.8) is 0 Å². The van der Waals surface area contributed by atoms with Gasteiger partial charge >= 0.3 is 0 Å². The Balaban J connectivity index is 0.000000229. The average molecular weight is 1350 g/mol. The number of hydrogen-bond donors (Lipinski definition) is 0.